The van der Waals surface area contributed by atoms with E-state index in [9.17, 15) is 18.0 Å². The van der Waals surface area contributed by atoms with E-state index in [0.717, 1.165) is 6.07 Å². The Morgan fingerprint density at radius 2 is 2.00 bits per heavy atom. The molecule has 0 spiro atoms. The third-order valence-corrected chi connectivity index (χ3v) is 2.64. The number of halogens is 4. The van der Waals surface area contributed by atoms with Gasteiger partial charge in [-0.2, -0.15) is 0 Å². The topological polar surface area (TPSA) is 70.8 Å². The lowest BCUT2D eigenvalue weighted by molar-refractivity contribution is -0.286. The molecule has 0 aliphatic carbocycles. The number of fused-ring (bicyclic) bond motifs is 1. The average Bonchev–Trinajstić information content (AvgIpc) is 2.69. The Kier molecular flexibility index (Phi) is 5.30. The first-order valence-electron chi connectivity index (χ1n) is 5.80. The number of alkyl halides is 3. The maximum absolute atomic E-state index is 13.7. The summed E-state index contributed by atoms with van der Waals surface area (Å²) in [6.07, 6.45) is -5.86. The molecule has 9 heteroatoms. The van der Waals surface area contributed by atoms with E-state index in [1.54, 1.807) is 0 Å². The van der Waals surface area contributed by atoms with Crippen LogP contribution in [0.2, 0.25) is 0 Å². The van der Waals surface area contributed by atoms with Crippen LogP contribution < -0.4 is 15.2 Å². The molecular formula is C12H13ClF3NO4. The van der Waals surface area contributed by atoms with Crippen molar-refractivity contribution in [3.63, 3.8) is 0 Å². The molecule has 0 bridgehead atoms. The Morgan fingerprint density at radius 1 is 1.38 bits per heavy atom. The molecule has 0 saturated heterocycles. The molecule has 0 aromatic heterocycles. The summed E-state index contributed by atoms with van der Waals surface area (Å²) in [6.45, 7) is 1.54. The second kappa shape index (κ2) is 6.40. The second-order valence-corrected chi connectivity index (χ2v) is 4.05. The Labute approximate surface area is 124 Å². The van der Waals surface area contributed by atoms with Gasteiger partial charge >= 0.3 is 12.3 Å². The molecule has 1 aromatic carbocycles. The number of carbonyl (C=O) groups is 1. The molecule has 2 N–H and O–H groups in total. The lowest BCUT2D eigenvalue weighted by atomic mass is 10.0. The van der Waals surface area contributed by atoms with E-state index in [2.05, 4.69) is 14.2 Å². The van der Waals surface area contributed by atoms with Crippen molar-refractivity contribution in [3.8, 4) is 11.5 Å². The molecule has 21 heavy (non-hydrogen) atoms. The molecule has 1 aromatic rings. The molecule has 2 atom stereocenters. The minimum atomic E-state index is -3.76. The van der Waals surface area contributed by atoms with E-state index in [1.807, 2.05) is 0 Å². The Hall–Kier alpha value is -1.67. The molecule has 0 radical (unpaired) electrons. The van der Waals surface area contributed by atoms with Gasteiger partial charge in [-0.15, -0.1) is 21.2 Å². The average molecular weight is 328 g/mol. The summed E-state index contributed by atoms with van der Waals surface area (Å²) < 4.78 is 52.3. The highest BCUT2D eigenvalue weighted by molar-refractivity contribution is 5.85. The van der Waals surface area contributed by atoms with Crippen molar-refractivity contribution in [1.82, 2.24) is 0 Å². The highest BCUT2D eigenvalue weighted by atomic mass is 35.5. The van der Waals surface area contributed by atoms with Gasteiger partial charge in [0.2, 0.25) is 6.17 Å². The smallest absolute Gasteiger partial charge is 0.464 e. The summed E-state index contributed by atoms with van der Waals surface area (Å²) in [6, 6.07) is 2.20. The van der Waals surface area contributed by atoms with Gasteiger partial charge in [-0.3, -0.25) is 0 Å². The summed E-state index contributed by atoms with van der Waals surface area (Å²) in [5, 5.41) is 0. The van der Waals surface area contributed by atoms with E-state index in [4.69, 9.17) is 5.73 Å². The fraction of sp³-hybridized carbons (Fsp3) is 0.417. The fourth-order valence-electron chi connectivity index (χ4n) is 1.71. The fourth-order valence-corrected chi connectivity index (χ4v) is 1.71. The number of ether oxygens (including phenoxy) is 3. The number of nitrogens with two attached hydrogens (primary N) is 1. The second-order valence-electron chi connectivity index (χ2n) is 4.05. The van der Waals surface area contributed by atoms with E-state index < -0.39 is 24.5 Å². The van der Waals surface area contributed by atoms with E-state index in [-0.39, 0.29) is 36.1 Å². The Bertz CT molecular complexity index is 529. The van der Waals surface area contributed by atoms with Gasteiger partial charge in [-0.25, -0.2) is 9.18 Å². The summed E-state index contributed by atoms with van der Waals surface area (Å²) >= 11 is 0. The lowest BCUT2D eigenvalue weighted by Crippen LogP contribution is -2.31. The maximum Gasteiger partial charge on any atom is 0.586 e. The van der Waals surface area contributed by atoms with Gasteiger partial charge in [0.25, 0.3) is 0 Å². The molecule has 1 aliphatic heterocycles. The highest BCUT2D eigenvalue weighted by Crippen LogP contribution is 2.42. The zero-order valence-electron chi connectivity index (χ0n) is 10.8. The standard InChI is InChI=1S/C12H12F3NO4.ClH/c1-2-18-11(17)9(13)10(16)6-3-4-7-8(5-6)20-12(14,15)19-7;/h3-5,9-10H,2,16H2,1H3;1H/t9?,10-;/m1./s1. The number of benzene rings is 1. The van der Waals surface area contributed by atoms with Crippen molar-refractivity contribution in [2.24, 2.45) is 5.73 Å². The SMILES string of the molecule is CCOC(=O)C(F)[C@H](N)c1ccc2c(c1)OC(F)(F)O2.Cl. The minimum absolute atomic E-state index is 0. The van der Waals surface area contributed by atoms with Gasteiger partial charge in [0.15, 0.2) is 11.5 Å². The molecule has 118 valence electrons. The van der Waals surface area contributed by atoms with Crippen LogP contribution in [0.15, 0.2) is 18.2 Å². The molecule has 1 heterocycles. The molecule has 0 amide bonds. The van der Waals surface area contributed by atoms with Gasteiger partial charge in [-0.1, -0.05) is 6.07 Å². The lowest BCUT2D eigenvalue weighted by Gasteiger charge is -2.16. The first kappa shape index (κ1) is 17.4. The number of hydrogen-bond acceptors (Lipinski definition) is 5. The monoisotopic (exact) mass is 327 g/mol. The van der Waals surface area contributed by atoms with Gasteiger partial charge in [-0.05, 0) is 24.6 Å². The van der Waals surface area contributed by atoms with Gasteiger partial charge in [0.05, 0.1) is 12.6 Å². The van der Waals surface area contributed by atoms with E-state index in [0.29, 0.717) is 0 Å². The number of rotatable bonds is 4. The molecule has 0 saturated carbocycles. The summed E-state index contributed by atoms with van der Waals surface area (Å²) in [5.74, 6) is -1.56. The third-order valence-electron chi connectivity index (χ3n) is 2.64. The van der Waals surface area contributed by atoms with Crippen molar-refractivity contribution in [2.45, 2.75) is 25.4 Å². The van der Waals surface area contributed by atoms with Gasteiger partial charge < -0.3 is 19.9 Å². The van der Waals surface area contributed by atoms with Crippen molar-refractivity contribution < 1.29 is 32.2 Å². The summed E-state index contributed by atoms with van der Waals surface area (Å²) in [5.41, 5.74) is 5.69. The van der Waals surface area contributed by atoms with Crippen LogP contribution in [0.5, 0.6) is 11.5 Å². The summed E-state index contributed by atoms with van der Waals surface area (Å²) in [7, 11) is 0. The third kappa shape index (κ3) is 3.70. The molecule has 1 unspecified atom stereocenters. The molecule has 0 fully saturated rings. The Balaban J connectivity index is 0.00000220. The summed E-state index contributed by atoms with van der Waals surface area (Å²) in [4.78, 5) is 11.2. The van der Waals surface area contributed by atoms with Gasteiger partial charge in [0.1, 0.15) is 0 Å². The quantitative estimate of drug-likeness (QED) is 0.859. The first-order valence-corrected chi connectivity index (χ1v) is 5.80. The maximum atomic E-state index is 13.7. The molecule has 1 aliphatic rings. The first-order chi connectivity index (χ1) is 9.34. The van der Waals surface area contributed by atoms with Crippen LogP contribution in [0, 0.1) is 0 Å². The van der Waals surface area contributed by atoms with Crippen LogP contribution >= 0.6 is 12.4 Å². The van der Waals surface area contributed by atoms with Crippen LogP contribution in [-0.4, -0.2) is 25.0 Å². The van der Waals surface area contributed by atoms with Crippen molar-refractivity contribution in [2.75, 3.05) is 6.61 Å². The van der Waals surface area contributed by atoms with Crippen molar-refractivity contribution in [3.05, 3.63) is 23.8 Å². The van der Waals surface area contributed by atoms with E-state index >= 15 is 0 Å². The zero-order valence-corrected chi connectivity index (χ0v) is 11.7. The van der Waals surface area contributed by atoms with E-state index in [1.165, 1.54) is 19.1 Å². The van der Waals surface area contributed by atoms with Crippen molar-refractivity contribution >= 4 is 18.4 Å². The van der Waals surface area contributed by atoms with Crippen molar-refractivity contribution in [1.29, 1.82) is 0 Å². The normalized spacial score (nSPS) is 17.6. The predicted octanol–water partition coefficient (Wildman–Crippen LogP) is 2.33. The predicted molar refractivity (Wildman–Crippen MR) is 68.4 cm³/mol. The highest BCUT2D eigenvalue weighted by Gasteiger charge is 2.43. The number of esters is 1. The number of hydrogen-bond donors (Lipinski definition) is 1. The minimum Gasteiger partial charge on any atom is -0.464 e. The Morgan fingerprint density at radius 3 is 2.62 bits per heavy atom. The largest absolute Gasteiger partial charge is 0.586 e. The molecule has 5 nitrogen and oxygen atoms in total. The van der Waals surface area contributed by atoms with Crippen LogP contribution in [0.25, 0.3) is 0 Å². The molecular weight excluding hydrogens is 315 g/mol. The number of carbonyl (C=O) groups excluding carboxylic acids is 1. The van der Waals surface area contributed by atoms with Crippen LogP contribution in [-0.2, 0) is 9.53 Å². The van der Waals surface area contributed by atoms with Crippen LogP contribution in [0.3, 0.4) is 0 Å². The van der Waals surface area contributed by atoms with Crippen LogP contribution in [0.1, 0.15) is 18.5 Å². The van der Waals surface area contributed by atoms with Crippen LogP contribution in [0.4, 0.5) is 13.2 Å². The molecule has 2 rings (SSSR count). The zero-order chi connectivity index (χ0) is 14.9. The van der Waals surface area contributed by atoms with Gasteiger partial charge in [0, 0.05) is 0 Å².